The second kappa shape index (κ2) is 2.83. The molecule has 1 saturated heterocycles. The Hall–Kier alpha value is -0.170. The van der Waals surface area contributed by atoms with Gasteiger partial charge in [-0.15, -0.1) is 0 Å². The summed E-state index contributed by atoms with van der Waals surface area (Å²) in [7, 11) is 0. The number of hydrogen-bond donors (Lipinski definition) is 0. The van der Waals surface area contributed by atoms with Crippen molar-refractivity contribution in [2.45, 2.75) is 26.7 Å². The van der Waals surface area contributed by atoms with E-state index in [1.165, 1.54) is 0 Å². The van der Waals surface area contributed by atoms with Gasteiger partial charge in [0.05, 0.1) is 6.61 Å². The van der Waals surface area contributed by atoms with Crippen LogP contribution in [0.25, 0.3) is 0 Å². The minimum atomic E-state index is 0.210. The van der Waals surface area contributed by atoms with E-state index in [0.29, 0.717) is 0 Å². The van der Waals surface area contributed by atoms with Crippen LogP contribution in [-0.2, 0) is 4.74 Å². The highest BCUT2D eigenvalue weighted by molar-refractivity contribution is 6.25. The Balaban J connectivity index is 2.75. The maximum absolute atomic E-state index is 5.58. The van der Waals surface area contributed by atoms with Crippen molar-refractivity contribution in [3.8, 4) is 0 Å². The Kier molecular flexibility index (Phi) is 2.24. The van der Waals surface area contributed by atoms with Crippen LogP contribution in [0.1, 0.15) is 26.7 Å². The standard InChI is InChI=1S/C8H13ClO/c1-3-8(2)4-5-10-7(8)6-9/h6H,3-5H2,1-2H3/b7-6-. The molecule has 1 nitrogen and oxygen atoms in total. The first-order valence-corrected chi connectivity index (χ1v) is 4.10. The fourth-order valence-electron chi connectivity index (χ4n) is 1.20. The van der Waals surface area contributed by atoms with Crippen molar-refractivity contribution in [2.24, 2.45) is 5.41 Å². The second-order valence-electron chi connectivity index (χ2n) is 2.99. The Morgan fingerprint density at radius 3 is 2.90 bits per heavy atom. The fourth-order valence-corrected chi connectivity index (χ4v) is 1.52. The zero-order valence-electron chi connectivity index (χ0n) is 6.48. The average Bonchev–Trinajstić information content (AvgIpc) is 2.32. The van der Waals surface area contributed by atoms with Crippen LogP contribution in [0.4, 0.5) is 0 Å². The third-order valence-corrected chi connectivity index (χ3v) is 2.58. The molecule has 0 spiro atoms. The minimum Gasteiger partial charge on any atom is -0.496 e. The molecular weight excluding hydrogens is 148 g/mol. The zero-order valence-corrected chi connectivity index (χ0v) is 7.24. The van der Waals surface area contributed by atoms with Gasteiger partial charge in [0.25, 0.3) is 0 Å². The van der Waals surface area contributed by atoms with Crippen molar-refractivity contribution in [1.29, 1.82) is 0 Å². The lowest BCUT2D eigenvalue weighted by Crippen LogP contribution is -2.11. The molecule has 1 unspecified atom stereocenters. The summed E-state index contributed by atoms with van der Waals surface area (Å²) in [4.78, 5) is 0. The molecule has 1 atom stereocenters. The third-order valence-electron chi connectivity index (χ3n) is 2.39. The summed E-state index contributed by atoms with van der Waals surface area (Å²) in [6, 6.07) is 0. The molecule has 1 aliphatic rings. The monoisotopic (exact) mass is 160 g/mol. The molecule has 10 heavy (non-hydrogen) atoms. The van der Waals surface area contributed by atoms with Gasteiger partial charge in [0.2, 0.25) is 0 Å². The predicted octanol–water partition coefficient (Wildman–Crippen LogP) is 2.90. The summed E-state index contributed by atoms with van der Waals surface area (Å²) in [5.41, 5.74) is 1.78. The number of ether oxygens (including phenoxy) is 1. The van der Waals surface area contributed by atoms with E-state index >= 15 is 0 Å². The molecule has 58 valence electrons. The van der Waals surface area contributed by atoms with Crippen LogP contribution in [0, 0.1) is 5.41 Å². The summed E-state index contributed by atoms with van der Waals surface area (Å²) in [5, 5.41) is 0. The molecule has 0 bridgehead atoms. The average molecular weight is 161 g/mol. The molecule has 1 fully saturated rings. The van der Waals surface area contributed by atoms with E-state index in [4.69, 9.17) is 16.3 Å². The molecular formula is C8H13ClO. The van der Waals surface area contributed by atoms with E-state index in [2.05, 4.69) is 13.8 Å². The van der Waals surface area contributed by atoms with Gasteiger partial charge in [-0.3, -0.25) is 0 Å². The molecule has 0 saturated carbocycles. The molecule has 0 aromatic rings. The van der Waals surface area contributed by atoms with E-state index in [-0.39, 0.29) is 5.41 Å². The first-order valence-electron chi connectivity index (χ1n) is 3.66. The van der Waals surface area contributed by atoms with Crippen LogP contribution in [0.15, 0.2) is 11.3 Å². The summed E-state index contributed by atoms with van der Waals surface area (Å²) in [5.74, 6) is 0.955. The quantitative estimate of drug-likeness (QED) is 0.573. The van der Waals surface area contributed by atoms with Gasteiger partial charge in [-0.2, -0.15) is 0 Å². The Labute approximate surface area is 67.0 Å². The zero-order chi connectivity index (χ0) is 7.61. The van der Waals surface area contributed by atoms with Gasteiger partial charge in [0.15, 0.2) is 0 Å². The highest BCUT2D eigenvalue weighted by Gasteiger charge is 2.33. The topological polar surface area (TPSA) is 9.23 Å². The van der Waals surface area contributed by atoms with Crippen LogP contribution in [-0.4, -0.2) is 6.61 Å². The Bertz CT molecular complexity index is 153. The summed E-state index contributed by atoms with van der Waals surface area (Å²) < 4.78 is 5.34. The van der Waals surface area contributed by atoms with Crippen molar-refractivity contribution in [1.82, 2.24) is 0 Å². The van der Waals surface area contributed by atoms with Crippen molar-refractivity contribution in [3.63, 3.8) is 0 Å². The number of halogens is 1. The minimum absolute atomic E-state index is 0.210. The van der Waals surface area contributed by atoms with Gasteiger partial charge >= 0.3 is 0 Å². The first kappa shape index (κ1) is 7.93. The van der Waals surface area contributed by atoms with Crippen LogP contribution in [0.5, 0.6) is 0 Å². The molecule has 0 N–H and O–H groups in total. The van der Waals surface area contributed by atoms with Gasteiger partial charge < -0.3 is 4.74 Å². The molecule has 0 radical (unpaired) electrons. The Morgan fingerprint density at radius 1 is 1.80 bits per heavy atom. The number of hydrogen-bond acceptors (Lipinski definition) is 1. The van der Waals surface area contributed by atoms with E-state index < -0.39 is 0 Å². The highest BCUT2D eigenvalue weighted by atomic mass is 35.5. The smallest absolute Gasteiger partial charge is 0.113 e. The molecule has 2 heteroatoms. The third kappa shape index (κ3) is 1.15. The van der Waals surface area contributed by atoms with Gasteiger partial charge in [0.1, 0.15) is 5.76 Å². The van der Waals surface area contributed by atoms with E-state index in [1.54, 1.807) is 5.54 Å². The first-order chi connectivity index (χ1) is 4.73. The van der Waals surface area contributed by atoms with Crippen molar-refractivity contribution in [2.75, 3.05) is 6.61 Å². The normalized spacial score (nSPS) is 36.5. The van der Waals surface area contributed by atoms with Gasteiger partial charge in [-0.25, -0.2) is 0 Å². The van der Waals surface area contributed by atoms with E-state index in [9.17, 15) is 0 Å². The highest BCUT2D eigenvalue weighted by Crippen LogP contribution is 2.40. The SMILES string of the molecule is CCC1(C)CCO/C1=C\Cl. The van der Waals surface area contributed by atoms with Gasteiger partial charge in [0, 0.05) is 11.0 Å². The molecule has 0 aliphatic carbocycles. The maximum Gasteiger partial charge on any atom is 0.113 e. The van der Waals surface area contributed by atoms with Crippen molar-refractivity contribution < 1.29 is 4.74 Å². The molecule has 0 amide bonds. The predicted molar refractivity (Wildman–Crippen MR) is 42.9 cm³/mol. The van der Waals surface area contributed by atoms with E-state index in [0.717, 1.165) is 25.2 Å². The number of allylic oxidation sites excluding steroid dienone is 1. The number of rotatable bonds is 1. The van der Waals surface area contributed by atoms with Crippen molar-refractivity contribution >= 4 is 11.6 Å². The van der Waals surface area contributed by atoms with Crippen LogP contribution in [0.2, 0.25) is 0 Å². The molecule has 0 aromatic heterocycles. The lowest BCUT2D eigenvalue weighted by Gasteiger charge is -2.19. The lowest BCUT2D eigenvalue weighted by molar-refractivity contribution is 0.245. The van der Waals surface area contributed by atoms with Crippen LogP contribution in [0.3, 0.4) is 0 Å². The van der Waals surface area contributed by atoms with Crippen LogP contribution < -0.4 is 0 Å². The van der Waals surface area contributed by atoms with E-state index in [1.807, 2.05) is 0 Å². The maximum atomic E-state index is 5.58. The summed E-state index contributed by atoms with van der Waals surface area (Å²) in [6.07, 6.45) is 2.20. The lowest BCUT2D eigenvalue weighted by atomic mass is 9.85. The van der Waals surface area contributed by atoms with Crippen LogP contribution >= 0.6 is 11.6 Å². The molecule has 0 aromatic carbocycles. The summed E-state index contributed by atoms with van der Waals surface area (Å²) in [6.45, 7) is 5.17. The largest absolute Gasteiger partial charge is 0.496 e. The summed E-state index contributed by atoms with van der Waals surface area (Å²) >= 11 is 5.58. The molecule has 1 aliphatic heterocycles. The molecule has 1 heterocycles. The second-order valence-corrected chi connectivity index (χ2v) is 3.20. The van der Waals surface area contributed by atoms with Crippen molar-refractivity contribution in [3.05, 3.63) is 11.3 Å². The van der Waals surface area contributed by atoms with Gasteiger partial charge in [-0.1, -0.05) is 25.4 Å². The molecule has 1 rings (SSSR count). The fraction of sp³-hybridized carbons (Fsp3) is 0.750. The van der Waals surface area contributed by atoms with Gasteiger partial charge in [-0.05, 0) is 12.8 Å². The Morgan fingerprint density at radius 2 is 2.50 bits per heavy atom.